The Kier molecular flexibility index (Phi) is 3.70. The second-order valence-corrected chi connectivity index (χ2v) is 4.00. The zero-order chi connectivity index (χ0) is 15.7. The van der Waals surface area contributed by atoms with E-state index in [1.54, 1.807) is 0 Å². The third-order valence-corrected chi connectivity index (χ3v) is 2.58. The van der Waals surface area contributed by atoms with Crippen LogP contribution < -0.4 is 5.32 Å². The highest BCUT2D eigenvalue weighted by Crippen LogP contribution is 2.27. The zero-order valence-electron chi connectivity index (χ0n) is 10.1. The van der Waals surface area contributed by atoms with Gasteiger partial charge < -0.3 is 15.5 Å². The first-order valence-corrected chi connectivity index (χ1v) is 5.47. The van der Waals surface area contributed by atoms with Gasteiger partial charge in [0, 0.05) is 6.07 Å². The maximum Gasteiger partial charge on any atom is 0.258 e. The van der Waals surface area contributed by atoms with E-state index >= 15 is 0 Å². The molecule has 1 amide bonds. The quantitative estimate of drug-likeness (QED) is 0.454. The van der Waals surface area contributed by atoms with E-state index < -0.39 is 51.9 Å². The second kappa shape index (κ2) is 5.31. The van der Waals surface area contributed by atoms with Gasteiger partial charge in [-0.25, -0.2) is 13.2 Å². The summed E-state index contributed by atoms with van der Waals surface area (Å²) in [5, 5.41) is 19.9. The summed E-state index contributed by atoms with van der Waals surface area (Å²) in [6.45, 7) is 0. The van der Waals surface area contributed by atoms with Gasteiger partial charge in [0.05, 0.1) is 11.3 Å². The Morgan fingerprint density at radius 1 is 0.952 bits per heavy atom. The summed E-state index contributed by atoms with van der Waals surface area (Å²) < 4.78 is 52.9. The van der Waals surface area contributed by atoms with Crippen LogP contribution >= 0.6 is 0 Å². The average Bonchev–Trinajstić information content (AvgIpc) is 2.43. The monoisotopic (exact) mass is 301 g/mol. The molecule has 0 saturated carbocycles. The van der Waals surface area contributed by atoms with Gasteiger partial charge in [-0.15, -0.1) is 0 Å². The molecule has 0 radical (unpaired) electrons. The molecule has 2 aromatic carbocycles. The number of nitrogens with one attached hydrogen (secondary N) is 1. The molecule has 0 atom stereocenters. The molecule has 0 bridgehead atoms. The number of hydrogen-bond donors (Lipinski definition) is 3. The number of phenolic OH excluding ortho intramolecular Hbond substituents is 2. The molecule has 4 nitrogen and oxygen atoms in total. The minimum atomic E-state index is -1.83. The van der Waals surface area contributed by atoms with Crippen LogP contribution in [0.2, 0.25) is 0 Å². The predicted octanol–water partition coefficient (Wildman–Crippen LogP) is 2.91. The van der Waals surface area contributed by atoms with Crippen LogP contribution in [0, 0.1) is 23.3 Å². The van der Waals surface area contributed by atoms with Crippen molar-refractivity contribution in [2.24, 2.45) is 0 Å². The van der Waals surface area contributed by atoms with Gasteiger partial charge in [0.25, 0.3) is 5.91 Å². The average molecular weight is 301 g/mol. The Balaban J connectivity index is 2.37. The van der Waals surface area contributed by atoms with Gasteiger partial charge >= 0.3 is 0 Å². The first kappa shape index (κ1) is 14.6. The lowest BCUT2D eigenvalue weighted by molar-refractivity contribution is 0.102. The van der Waals surface area contributed by atoms with Crippen LogP contribution in [-0.2, 0) is 0 Å². The molecular formula is C13H7F4NO3. The van der Waals surface area contributed by atoms with Gasteiger partial charge in [0.15, 0.2) is 17.4 Å². The van der Waals surface area contributed by atoms with Crippen LogP contribution in [0.15, 0.2) is 24.3 Å². The van der Waals surface area contributed by atoms with Gasteiger partial charge in [-0.3, -0.25) is 4.79 Å². The molecule has 110 valence electrons. The highest BCUT2D eigenvalue weighted by Gasteiger charge is 2.23. The predicted molar refractivity (Wildman–Crippen MR) is 64.0 cm³/mol. The molecule has 2 rings (SSSR count). The number of phenols is 2. The largest absolute Gasteiger partial charge is 0.508 e. The molecule has 3 N–H and O–H groups in total. The maximum absolute atomic E-state index is 13.5. The van der Waals surface area contributed by atoms with Gasteiger partial charge in [0.1, 0.15) is 11.6 Å². The van der Waals surface area contributed by atoms with Crippen molar-refractivity contribution in [2.45, 2.75) is 0 Å². The van der Waals surface area contributed by atoms with Crippen LogP contribution in [0.1, 0.15) is 10.4 Å². The molecule has 8 heteroatoms. The van der Waals surface area contributed by atoms with Crippen molar-refractivity contribution in [1.82, 2.24) is 0 Å². The molecule has 0 spiro atoms. The number of hydrogen-bond acceptors (Lipinski definition) is 3. The molecule has 0 aliphatic rings. The fraction of sp³-hybridized carbons (Fsp3) is 0. The smallest absolute Gasteiger partial charge is 0.258 e. The number of benzene rings is 2. The Hall–Kier alpha value is -2.77. The van der Waals surface area contributed by atoms with Gasteiger partial charge in [-0.05, 0) is 18.2 Å². The highest BCUT2D eigenvalue weighted by atomic mass is 19.2. The number of amides is 1. The van der Waals surface area contributed by atoms with Crippen molar-refractivity contribution >= 4 is 11.6 Å². The summed E-state index contributed by atoms with van der Waals surface area (Å²) in [4.78, 5) is 11.7. The molecular weight excluding hydrogens is 294 g/mol. The lowest BCUT2D eigenvalue weighted by atomic mass is 10.1. The summed E-state index contributed by atoms with van der Waals surface area (Å²) >= 11 is 0. The van der Waals surface area contributed by atoms with Crippen LogP contribution in [0.5, 0.6) is 11.5 Å². The van der Waals surface area contributed by atoms with E-state index in [1.807, 2.05) is 5.32 Å². The highest BCUT2D eigenvalue weighted by molar-refractivity contribution is 6.04. The Morgan fingerprint density at radius 3 is 2.24 bits per heavy atom. The Morgan fingerprint density at radius 2 is 1.62 bits per heavy atom. The number of aromatic hydroxyl groups is 2. The van der Waals surface area contributed by atoms with E-state index in [1.165, 1.54) is 0 Å². The number of anilines is 1. The molecule has 0 unspecified atom stereocenters. The molecule has 0 aliphatic carbocycles. The van der Waals surface area contributed by atoms with E-state index in [0.29, 0.717) is 6.07 Å². The minimum Gasteiger partial charge on any atom is -0.508 e. The fourth-order valence-corrected chi connectivity index (χ4v) is 1.55. The van der Waals surface area contributed by atoms with Crippen molar-refractivity contribution in [3.05, 3.63) is 53.1 Å². The summed E-state index contributed by atoms with van der Waals surface area (Å²) in [6, 6.07) is 2.96. The van der Waals surface area contributed by atoms with Crippen LogP contribution in [0.25, 0.3) is 0 Å². The van der Waals surface area contributed by atoms with Crippen molar-refractivity contribution in [1.29, 1.82) is 0 Å². The molecule has 0 fully saturated rings. The first-order valence-electron chi connectivity index (χ1n) is 5.47. The zero-order valence-corrected chi connectivity index (χ0v) is 10.1. The topological polar surface area (TPSA) is 69.6 Å². The molecule has 0 aliphatic heterocycles. The summed E-state index contributed by atoms with van der Waals surface area (Å²) in [6.07, 6.45) is 0. The standard InChI is InChI=1S/C13H7F4NO3/c14-7-3-5(19)1-2-9(7)18-13(21)6-4-8(15)11(17)12(20)10(6)16/h1-4,19-20H,(H,18,21). The second-order valence-electron chi connectivity index (χ2n) is 4.00. The van der Waals surface area contributed by atoms with E-state index in [4.69, 9.17) is 10.2 Å². The van der Waals surface area contributed by atoms with Crippen molar-refractivity contribution in [3.63, 3.8) is 0 Å². The first-order chi connectivity index (χ1) is 9.81. The summed E-state index contributed by atoms with van der Waals surface area (Å²) in [5.74, 6) is -9.51. The number of carbonyl (C=O) groups excluding carboxylic acids is 1. The summed E-state index contributed by atoms with van der Waals surface area (Å²) in [5.41, 5.74) is -1.42. The maximum atomic E-state index is 13.5. The normalized spacial score (nSPS) is 10.5. The number of rotatable bonds is 2. The molecule has 0 heterocycles. The van der Waals surface area contributed by atoms with E-state index in [-0.39, 0.29) is 6.07 Å². The SMILES string of the molecule is O=C(Nc1ccc(O)cc1F)c1cc(F)c(F)c(O)c1F. The lowest BCUT2D eigenvalue weighted by Crippen LogP contribution is -2.15. The van der Waals surface area contributed by atoms with Gasteiger partial charge in [-0.2, -0.15) is 4.39 Å². The fourth-order valence-electron chi connectivity index (χ4n) is 1.55. The minimum absolute atomic E-state index is 0.234. The van der Waals surface area contributed by atoms with E-state index in [2.05, 4.69) is 0 Å². The Bertz CT molecular complexity index is 734. The molecule has 0 aromatic heterocycles. The van der Waals surface area contributed by atoms with Crippen molar-refractivity contribution in [2.75, 3.05) is 5.32 Å². The van der Waals surface area contributed by atoms with Crippen molar-refractivity contribution in [3.8, 4) is 11.5 Å². The van der Waals surface area contributed by atoms with Crippen LogP contribution in [0.4, 0.5) is 23.2 Å². The molecule has 0 saturated heterocycles. The lowest BCUT2D eigenvalue weighted by Gasteiger charge is -2.09. The van der Waals surface area contributed by atoms with Gasteiger partial charge in [0.2, 0.25) is 5.82 Å². The van der Waals surface area contributed by atoms with E-state index in [9.17, 15) is 22.4 Å². The summed E-state index contributed by atoms with van der Waals surface area (Å²) in [7, 11) is 0. The van der Waals surface area contributed by atoms with E-state index in [0.717, 1.165) is 12.1 Å². The number of carbonyl (C=O) groups is 1. The van der Waals surface area contributed by atoms with Crippen molar-refractivity contribution < 1.29 is 32.6 Å². The third-order valence-electron chi connectivity index (χ3n) is 2.58. The molecule has 2 aromatic rings. The molecule has 21 heavy (non-hydrogen) atoms. The Labute approximate surface area is 115 Å². The van der Waals surface area contributed by atoms with Crippen LogP contribution in [-0.4, -0.2) is 16.1 Å². The number of halogens is 4. The third kappa shape index (κ3) is 2.73. The van der Waals surface area contributed by atoms with Gasteiger partial charge in [-0.1, -0.05) is 0 Å². The van der Waals surface area contributed by atoms with Crippen LogP contribution in [0.3, 0.4) is 0 Å².